The molecule has 3 heterocycles. The van der Waals surface area contributed by atoms with E-state index in [0.29, 0.717) is 10.5 Å². The van der Waals surface area contributed by atoms with Crippen LogP contribution in [0.2, 0.25) is 0 Å². The number of anilines is 1. The van der Waals surface area contributed by atoms with E-state index in [1.165, 1.54) is 5.56 Å². The Hall–Kier alpha value is -1.99. The largest absolute Gasteiger partial charge is 0.477 e. The van der Waals surface area contributed by atoms with Crippen molar-refractivity contribution in [2.45, 2.75) is 33.1 Å². The maximum absolute atomic E-state index is 11.5. The number of carboxylic acids is 1. The number of carboxylic acid groups (broad SMARTS) is 1. The molecule has 0 unspecified atom stereocenters. The van der Waals surface area contributed by atoms with Crippen LogP contribution in [0.5, 0.6) is 0 Å². The molecule has 0 radical (unpaired) electrons. The molecule has 0 amide bonds. The smallest absolute Gasteiger partial charge is 0.348 e. The Labute approximate surface area is 147 Å². The van der Waals surface area contributed by atoms with Crippen LogP contribution in [0.3, 0.4) is 0 Å². The summed E-state index contributed by atoms with van der Waals surface area (Å²) in [6.45, 7) is 4.50. The van der Waals surface area contributed by atoms with Crippen LogP contribution in [0.4, 0.5) is 5.69 Å². The van der Waals surface area contributed by atoms with Gasteiger partial charge in [0.05, 0.1) is 16.1 Å². The quantitative estimate of drug-likeness (QED) is 0.715. The SMILES string of the molecule is CC1(C)CCc2c(nc3sc(C(=O)O)c(N)c3c2-c2cncs2)C1. The van der Waals surface area contributed by atoms with Crippen molar-refractivity contribution in [3.05, 3.63) is 27.8 Å². The lowest BCUT2D eigenvalue weighted by Gasteiger charge is -2.31. The van der Waals surface area contributed by atoms with E-state index in [0.717, 1.165) is 52.1 Å². The number of carbonyl (C=O) groups is 1. The molecule has 124 valence electrons. The van der Waals surface area contributed by atoms with Crippen molar-refractivity contribution in [2.75, 3.05) is 5.73 Å². The molecule has 0 fully saturated rings. The third kappa shape index (κ3) is 2.31. The zero-order valence-electron chi connectivity index (χ0n) is 13.4. The van der Waals surface area contributed by atoms with Gasteiger partial charge in [0, 0.05) is 22.8 Å². The first-order chi connectivity index (χ1) is 11.4. The fourth-order valence-electron chi connectivity index (χ4n) is 3.43. The van der Waals surface area contributed by atoms with Gasteiger partial charge in [-0.2, -0.15) is 0 Å². The van der Waals surface area contributed by atoms with Crippen molar-refractivity contribution >= 4 is 44.5 Å². The molecule has 3 N–H and O–H groups in total. The Balaban J connectivity index is 2.10. The molecule has 0 atom stereocenters. The topological polar surface area (TPSA) is 89.1 Å². The number of hydrogen-bond donors (Lipinski definition) is 2. The second-order valence-electron chi connectivity index (χ2n) is 6.95. The summed E-state index contributed by atoms with van der Waals surface area (Å²) in [5, 5.41) is 10.2. The number of nitrogens with zero attached hydrogens (tertiary/aromatic N) is 2. The van der Waals surface area contributed by atoms with E-state index in [1.807, 2.05) is 6.20 Å². The zero-order valence-corrected chi connectivity index (χ0v) is 15.1. The van der Waals surface area contributed by atoms with Crippen LogP contribution in [0, 0.1) is 5.41 Å². The maximum Gasteiger partial charge on any atom is 0.348 e. The second kappa shape index (κ2) is 5.26. The molecule has 7 heteroatoms. The van der Waals surface area contributed by atoms with Gasteiger partial charge >= 0.3 is 5.97 Å². The van der Waals surface area contributed by atoms with Gasteiger partial charge in [0.15, 0.2) is 0 Å². The van der Waals surface area contributed by atoms with Crippen molar-refractivity contribution < 1.29 is 9.90 Å². The van der Waals surface area contributed by atoms with Crippen LogP contribution < -0.4 is 5.73 Å². The summed E-state index contributed by atoms with van der Waals surface area (Å²) in [4.78, 5) is 22.4. The van der Waals surface area contributed by atoms with Crippen LogP contribution in [0.1, 0.15) is 41.2 Å². The second-order valence-corrected chi connectivity index (χ2v) is 8.83. The van der Waals surface area contributed by atoms with Gasteiger partial charge in [-0.3, -0.25) is 4.98 Å². The van der Waals surface area contributed by atoms with Gasteiger partial charge < -0.3 is 10.8 Å². The van der Waals surface area contributed by atoms with Gasteiger partial charge in [-0.1, -0.05) is 13.8 Å². The molecule has 0 bridgehead atoms. The maximum atomic E-state index is 11.5. The van der Waals surface area contributed by atoms with Crippen LogP contribution in [-0.4, -0.2) is 21.0 Å². The molecule has 0 saturated heterocycles. The molecule has 1 aliphatic rings. The first kappa shape index (κ1) is 15.5. The lowest BCUT2D eigenvalue weighted by molar-refractivity contribution is 0.0703. The van der Waals surface area contributed by atoms with Gasteiger partial charge in [-0.05, 0) is 30.2 Å². The summed E-state index contributed by atoms with van der Waals surface area (Å²) in [5.74, 6) is -0.996. The van der Waals surface area contributed by atoms with E-state index in [4.69, 9.17) is 10.7 Å². The monoisotopic (exact) mass is 359 g/mol. The molecule has 24 heavy (non-hydrogen) atoms. The van der Waals surface area contributed by atoms with E-state index in [9.17, 15) is 9.90 Å². The zero-order chi connectivity index (χ0) is 17.1. The van der Waals surface area contributed by atoms with Crippen LogP contribution >= 0.6 is 22.7 Å². The Morgan fingerprint density at radius 3 is 2.88 bits per heavy atom. The molecule has 1 aliphatic carbocycles. The number of nitrogens with two attached hydrogens (primary N) is 1. The number of nitrogen functional groups attached to an aromatic ring is 1. The standard InChI is InChI=1S/C17H17N3O2S2/c1-17(2)4-3-8-9(5-17)20-15-12(11(8)10-6-19-7-23-10)13(18)14(24-15)16(21)22/h6-7H,3-5,18H2,1-2H3,(H,21,22). The number of aromatic carboxylic acids is 1. The molecule has 3 aromatic heterocycles. The van der Waals surface area contributed by atoms with Crippen LogP contribution in [-0.2, 0) is 12.8 Å². The van der Waals surface area contributed by atoms with Gasteiger partial charge in [0.1, 0.15) is 9.71 Å². The minimum absolute atomic E-state index is 0.171. The third-order valence-corrected chi connectivity index (χ3v) is 6.51. The van der Waals surface area contributed by atoms with Gasteiger partial charge in [-0.25, -0.2) is 9.78 Å². The highest BCUT2D eigenvalue weighted by atomic mass is 32.1. The number of thiophene rings is 1. The molecule has 0 spiro atoms. The summed E-state index contributed by atoms with van der Waals surface area (Å²) in [5.41, 5.74) is 11.8. The van der Waals surface area contributed by atoms with Gasteiger partial charge in [0.2, 0.25) is 0 Å². The number of aromatic nitrogens is 2. The molecule has 5 nitrogen and oxygen atoms in total. The van der Waals surface area contributed by atoms with Crippen LogP contribution in [0.15, 0.2) is 11.7 Å². The number of rotatable bonds is 2. The molecule has 0 saturated carbocycles. The van der Waals surface area contributed by atoms with E-state index in [-0.39, 0.29) is 10.3 Å². The summed E-state index contributed by atoms with van der Waals surface area (Å²) < 4.78 is 0. The molecule has 0 aromatic carbocycles. The van der Waals surface area contributed by atoms with E-state index in [1.54, 1.807) is 16.8 Å². The molecule has 4 rings (SSSR count). The van der Waals surface area contributed by atoms with Crippen molar-refractivity contribution in [1.29, 1.82) is 0 Å². The first-order valence-corrected chi connectivity index (χ1v) is 9.43. The Morgan fingerprint density at radius 1 is 1.42 bits per heavy atom. The van der Waals surface area contributed by atoms with Gasteiger partial charge in [0.25, 0.3) is 0 Å². The highest BCUT2D eigenvalue weighted by Crippen LogP contribution is 2.46. The predicted octanol–water partition coefficient (Wildman–Crippen LogP) is 4.22. The molecular weight excluding hydrogens is 342 g/mol. The Morgan fingerprint density at radius 2 is 2.21 bits per heavy atom. The van der Waals surface area contributed by atoms with E-state index < -0.39 is 5.97 Å². The van der Waals surface area contributed by atoms with Crippen molar-refractivity contribution in [3.8, 4) is 10.4 Å². The predicted molar refractivity (Wildman–Crippen MR) is 97.9 cm³/mol. The van der Waals surface area contributed by atoms with Crippen molar-refractivity contribution in [3.63, 3.8) is 0 Å². The summed E-state index contributed by atoms with van der Waals surface area (Å²) in [6, 6.07) is 0. The van der Waals surface area contributed by atoms with Crippen LogP contribution in [0.25, 0.3) is 20.7 Å². The fourth-order valence-corrected chi connectivity index (χ4v) is 5.09. The summed E-state index contributed by atoms with van der Waals surface area (Å²) in [7, 11) is 0. The molecule has 0 aliphatic heterocycles. The number of pyridine rings is 1. The fraction of sp³-hybridized carbons (Fsp3) is 0.353. The summed E-state index contributed by atoms with van der Waals surface area (Å²) >= 11 is 2.72. The lowest BCUT2D eigenvalue weighted by atomic mass is 9.75. The summed E-state index contributed by atoms with van der Waals surface area (Å²) in [6.07, 6.45) is 4.73. The van der Waals surface area contributed by atoms with Crippen molar-refractivity contribution in [2.24, 2.45) is 5.41 Å². The normalized spacial score (nSPS) is 16.2. The minimum Gasteiger partial charge on any atom is -0.477 e. The molecule has 3 aromatic rings. The van der Waals surface area contributed by atoms with E-state index in [2.05, 4.69) is 18.8 Å². The number of hydrogen-bond acceptors (Lipinski definition) is 6. The first-order valence-electron chi connectivity index (χ1n) is 7.73. The minimum atomic E-state index is -0.996. The third-order valence-electron chi connectivity index (χ3n) is 4.63. The number of thiazole rings is 1. The average molecular weight is 359 g/mol. The highest BCUT2D eigenvalue weighted by Gasteiger charge is 2.31. The van der Waals surface area contributed by atoms with E-state index >= 15 is 0 Å². The number of fused-ring (bicyclic) bond motifs is 2. The Bertz CT molecular complexity index is 958. The highest BCUT2D eigenvalue weighted by molar-refractivity contribution is 7.21. The van der Waals surface area contributed by atoms with Crippen molar-refractivity contribution in [1.82, 2.24) is 9.97 Å². The van der Waals surface area contributed by atoms with Gasteiger partial charge in [-0.15, -0.1) is 22.7 Å². The lowest BCUT2D eigenvalue weighted by Crippen LogP contribution is -2.23. The molecular formula is C17H17N3O2S2. The average Bonchev–Trinajstić information content (AvgIpc) is 3.12. The Kier molecular flexibility index (Phi) is 3.40.